The summed E-state index contributed by atoms with van der Waals surface area (Å²) in [6.07, 6.45) is 9.97. The molecule has 0 spiro atoms. The van der Waals surface area contributed by atoms with Crippen molar-refractivity contribution in [2.75, 3.05) is 0 Å². The molecule has 1 atom stereocenters. The van der Waals surface area contributed by atoms with Crippen LogP contribution in [0.1, 0.15) is 6.92 Å². The maximum Gasteiger partial charge on any atom is 0.0371 e. The number of rotatable bonds is 0. The molecule has 0 aromatic heterocycles. The molecule has 48 valence electrons. The highest BCUT2D eigenvalue weighted by molar-refractivity contribution is 6.31. The molecule has 0 amide bonds. The fraction of sp³-hybridized carbons (Fsp3) is 0.250. The van der Waals surface area contributed by atoms with Crippen molar-refractivity contribution < 1.29 is 0 Å². The van der Waals surface area contributed by atoms with Crippen LogP contribution in [0.2, 0.25) is 0 Å². The van der Waals surface area contributed by atoms with Gasteiger partial charge in [-0.15, -0.1) is 0 Å². The molecule has 9 heavy (non-hydrogen) atoms. The van der Waals surface area contributed by atoms with Gasteiger partial charge in [-0.25, -0.2) is 0 Å². The molecule has 0 aromatic rings. The molecule has 0 N–H and O–H groups in total. The Morgan fingerprint density at radius 3 is 3.00 bits per heavy atom. The van der Waals surface area contributed by atoms with Crippen molar-refractivity contribution in [3.05, 3.63) is 35.4 Å². The van der Waals surface area contributed by atoms with E-state index in [-0.39, 0.29) is 0 Å². The molecule has 1 aliphatic carbocycles. The lowest BCUT2D eigenvalue weighted by atomic mass is 10.2. The normalized spacial score (nSPS) is 25.6. The Morgan fingerprint density at radius 2 is 2.22 bits per heavy atom. The van der Waals surface area contributed by atoms with E-state index in [4.69, 9.17) is 11.6 Å². The molecule has 0 saturated carbocycles. The van der Waals surface area contributed by atoms with Crippen molar-refractivity contribution in [2.45, 2.75) is 6.92 Å². The third-order valence-corrected chi connectivity index (χ3v) is 1.46. The number of halogens is 1. The van der Waals surface area contributed by atoms with Crippen LogP contribution in [0.4, 0.5) is 0 Å². The largest absolute Gasteiger partial charge is 0.0847 e. The highest BCUT2D eigenvalue weighted by atomic mass is 35.5. The fourth-order valence-electron chi connectivity index (χ4n) is 0.749. The molecule has 0 fully saturated rings. The van der Waals surface area contributed by atoms with Crippen molar-refractivity contribution in [1.29, 1.82) is 0 Å². The quantitative estimate of drug-likeness (QED) is 0.486. The summed E-state index contributed by atoms with van der Waals surface area (Å²) in [6, 6.07) is 0. The standard InChI is InChI=1S/C8H9Cl/c1-7-4-2-3-5-8(9)6-7/h2-7H,1H3. The molecule has 0 nitrogen and oxygen atoms in total. The first-order valence-corrected chi connectivity index (χ1v) is 3.39. The van der Waals surface area contributed by atoms with Crippen LogP contribution >= 0.6 is 11.6 Å². The zero-order valence-electron chi connectivity index (χ0n) is 5.34. The minimum atomic E-state index is 0.465. The molecule has 1 aliphatic rings. The lowest BCUT2D eigenvalue weighted by Crippen LogP contribution is -1.79. The minimum Gasteiger partial charge on any atom is -0.0847 e. The van der Waals surface area contributed by atoms with Crippen LogP contribution in [0.5, 0.6) is 0 Å². The summed E-state index contributed by atoms with van der Waals surface area (Å²) in [5.74, 6) is 0.465. The zero-order chi connectivity index (χ0) is 6.69. The van der Waals surface area contributed by atoms with Gasteiger partial charge in [0, 0.05) is 5.03 Å². The van der Waals surface area contributed by atoms with E-state index in [0.717, 1.165) is 5.03 Å². The maximum atomic E-state index is 5.75. The van der Waals surface area contributed by atoms with Crippen molar-refractivity contribution in [1.82, 2.24) is 0 Å². The van der Waals surface area contributed by atoms with E-state index in [9.17, 15) is 0 Å². The van der Waals surface area contributed by atoms with E-state index in [2.05, 4.69) is 13.0 Å². The molecule has 0 bridgehead atoms. The molecule has 1 unspecified atom stereocenters. The SMILES string of the molecule is CC1C=CC=CC(Cl)=C1. The predicted molar refractivity (Wildman–Crippen MR) is 41.4 cm³/mol. The van der Waals surface area contributed by atoms with E-state index < -0.39 is 0 Å². The summed E-state index contributed by atoms with van der Waals surface area (Å²) in [4.78, 5) is 0. The van der Waals surface area contributed by atoms with Gasteiger partial charge in [-0.2, -0.15) is 0 Å². The zero-order valence-corrected chi connectivity index (χ0v) is 6.10. The van der Waals surface area contributed by atoms with E-state index in [1.54, 1.807) is 0 Å². The van der Waals surface area contributed by atoms with E-state index in [1.807, 2.05) is 24.3 Å². The van der Waals surface area contributed by atoms with Crippen molar-refractivity contribution in [3.63, 3.8) is 0 Å². The predicted octanol–water partition coefficient (Wildman–Crippen LogP) is 2.87. The Hall–Kier alpha value is -0.490. The summed E-state index contributed by atoms with van der Waals surface area (Å²) >= 11 is 5.75. The van der Waals surface area contributed by atoms with Gasteiger partial charge in [0.2, 0.25) is 0 Å². The van der Waals surface area contributed by atoms with Gasteiger partial charge in [0.05, 0.1) is 0 Å². The van der Waals surface area contributed by atoms with E-state index >= 15 is 0 Å². The first-order chi connectivity index (χ1) is 4.29. The number of hydrogen-bond acceptors (Lipinski definition) is 0. The van der Waals surface area contributed by atoms with Crippen LogP contribution in [0, 0.1) is 5.92 Å². The minimum absolute atomic E-state index is 0.465. The van der Waals surface area contributed by atoms with Crippen LogP contribution in [0.25, 0.3) is 0 Å². The molecule has 1 heteroatoms. The molecule has 0 heterocycles. The van der Waals surface area contributed by atoms with Gasteiger partial charge < -0.3 is 0 Å². The molecule has 0 aliphatic heterocycles. The summed E-state index contributed by atoms with van der Waals surface area (Å²) in [5.41, 5.74) is 0. The van der Waals surface area contributed by atoms with Crippen LogP contribution in [-0.4, -0.2) is 0 Å². The second-order valence-corrected chi connectivity index (χ2v) is 2.59. The Labute approximate surface area is 60.5 Å². The monoisotopic (exact) mass is 140 g/mol. The van der Waals surface area contributed by atoms with Crippen molar-refractivity contribution >= 4 is 11.6 Å². The Morgan fingerprint density at radius 1 is 1.44 bits per heavy atom. The Bertz CT molecular complexity index is 175. The Balaban J connectivity index is 2.77. The lowest BCUT2D eigenvalue weighted by molar-refractivity contribution is 0.940. The lowest BCUT2D eigenvalue weighted by Gasteiger charge is -1.93. The molecule has 0 saturated heterocycles. The van der Waals surface area contributed by atoms with E-state index in [0.29, 0.717) is 5.92 Å². The van der Waals surface area contributed by atoms with E-state index in [1.165, 1.54) is 0 Å². The first kappa shape index (κ1) is 6.63. The van der Waals surface area contributed by atoms with Gasteiger partial charge in [0.15, 0.2) is 0 Å². The average molecular weight is 141 g/mol. The fourth-order valence-corrected chi connectivity index (χ4v) is 1.02. The third-order valence-electron chi connectivity index (χ3n) is 1.20. The number of allylic oxidation sites excluding steroid dienone is 6. The number of hydrogen-bond donors (Lipinski definition) is 0. The van der Waals surface area contributed by atoms with Gasteiger partial charge in [0.1, 0.15) is 0 Å². The maximum absolute atomic E-state index is 5.75. The summed E-state index contributed by atoms with van der Waals surface area (Å²) in [5, 5.41) is 0.826. The van der Waals surface area contributed by atoms with Gasteiger partial charge in [-0.05, 0) is 12.0 Å². The van der Waals surface area contributed by atoms with Crippen LogP contribution < -0.4 is 0 Å². The summed E-state index contributed by atoms with van der Waals surface area (Å²) < 4.78 is 0. The second-order valence-electron chi connectivity index (χ2n) is 2.15. The second kappa shape index (κ2) is 2.88. The first-order valence-electron chi connectivity index (χ1n) is 3.01. The molecular weight excluding hydrogens is 132 g/mol. The highest BCUT2D eigenvalue weighted by Crippen LogP contribution is 2.12. The molecule has 1 rings (SSSR count). The summed E-state index contributed by atoms with van der Waals surface area (Å²) in [6.45, 7) is 2.10. The van der Waals surface area contributed by atoms with Crippen LogP contribution in [-0.2, 0) is 0 Å². The topological polar surface area (TPSA) is 0 Å². The molecule has 0 radical (unpaired) electrons. The average Bonchev–Trinajstić information content (AvgIpc) is 1.93. The van der Waals surface area contributed by atoms with Crippen LogP contribution in [0.3, 0.4) is 0 Å². The molecular formula is C8H9Cl. The molecule has 0 aromatic carbocycles. The van der Waals surface area contributed by atoms with Crippen molar-refractivity contribution in [3.8, 4) is 0 Å². The van der Waals surface area contributed by atoms with Gasteiger partial charge >= 0.3 is 0 Å². The van der Waals surface area contributed by atoms with Gasteiger partial charge in [-0.1, -0.05) is 42.8 Å². The van der Waals surface area contributed by atoms with Crippen LogP contribution in [0.15, 0.2) is 35.4 Å². The summed E-state index contributed by atoms with van der Waals surface area (Å²) in [7, 11) is 0. The van der Waals surface area contributed by atoms with Gasteiger partial charge in [0.25, 0.3) is 0 Å². The Kier molecular flexibility index (Phi) is 2.12. The van der Waals surface area contributed by atoms with Crippen molar-refractivity contribution in [2.24, 2.45) is 5.92 Å². The van der Waals surface area contributed by atoms with Gasteiger partial charge in [-0.3, -0.25) is 0 Å². The highest BCUT2D eigenvalue weighted by Gasteiger charge is 1.94. The smallest absolute Gasteiger partial charge is 0.0371 e. The third kappa shape index (κ3) is 2.06.